The lowest BCUT2D eigenvalue weighted by atomic mass is 9.87. The zero-order valence-electron chi connectivity index (χ0n) is 23.5. The highest BCUT2D eigenvalue weighted by Crippen LogP contribution is 2.32. The average Bonchev–Trinajstić information content (AvgIpc) is 3.02. The molecule has 1 fully saturated rings. The zero-order chi connectivity index (χ0) is 27.6. The SMILES string of the molecule is COc1ccccc1COCCCOc1ccc(C2CCN(CO)CC2OCc2ccc3c(c2)NCCC3)cc1. The van der Waals surface area contributed by atoms with E-state index < -0.39 is 0 Å². The van der Waals surface area contributed by atoms with Gasteiger partial charge in [-0.3, -0.25) is 4.90 Å². The molecule has 0 aliphatic carbocycles. The van der Waals surface area contributed by atoms with Crippen molar-refractivity contribution in [3.63, 3.8) is 0 Å². The Labute approximate surface area is 238 Å². The monoisotopic (exact) mass is 546 g/mol. The summed E-state index contributed by atoms with van der Waals surface area (Å²) < 4.78 is 23.7. The summed E-state index contributed by atoms with van der Waals surface area (Å²) in [6.07, 6.45) is 4.09. The Balaban J connectivity index is 1.10. The van der Waals surface area contributed by atoms with Gasteiger partial charge in [0.15, 0.2) is 0 Å². The molecule has 1 saturated heterocycles. The molecule has 7 heteroatoms. The number of rotatable bonds is 13. The summed E-state index contributed by atoms with van der Waals surface area (Å²) in [5.41, 5.74) is 6.11. The standard InChI is InChI=1S/C33H42N2O5/c1-37-32-8-3-2-6-28(32)23-38-18-5-19-39-29-13-11-26(12-14-29)30-15-17-35(24-36)21-33(30)40-22-25-9-10-27-7-4-16-34-31(27)20-25/h2-3,6,8-14,20,30,33-34,36H,4-5,7,15-19,21-24H2,1H3. The minimum atomic E-state index is 0.0112. The van der Waals surface area contributed by atoms with E-state index >= 15 is 0 Å². The number of ether oxygens (including phenoxy) is 4. The fourth-order valence-corrected chi connectivity index (χ4v) is 5.63. The first-order valence-electron chi connectivity index (χ1n) is 14.5. The lowest BCUT2D eigenvalue weighted by Crippen LogP contribution is -2.44. The van der Waals surface area contributed by atoms with Gasteiger partial charge in [0.25, 0.3) is 0 Å². The number of methoxy groups -OCH3 is 1. The number of likely N-dealkylation sites (tertiary alicyclic amines) is 1. The highest BCUT2D eigenvalue weighted by Gasteiger charge is 2.31. The maximum atomic E-state index is 9.77. The van der Waals surface area contributed by atoms with Crippen LogP contribution in [-0.2, 0) is 29.1 Å². The Morgan fingerprint density at radius 2 is 1.88 bits per heavy atom. The van der Waals surface area contributed by atoms with Crippen LogP contribution < -0.4 is 14.8 Å². The number of piperidine rings is 1. The number of aliphatic hydroxyl groups is 1. The molecule has 3 aromatic rings. The average molecular weight is 547 g/mol. The molecular formula is C33H42N2O5. The van der Waals surface area contributed by atoms with E-state index in [1.807, 2.05) is 24.3 Å². The molecule has 0 bridgehead atoms. The van der Waals surface area contributed by atoms with Gasteiger partial charge in [0, 0.05) is 43.2 Å². The van der Waals surface area contributed by atoms with Gasteiger partial charge in [0.2, 0.25) is 0 Å². The second-order valence-electron chi connectivity index (χ2n) is 10.6. The molecule has 0 saturated carbocycles. The minimum Gasteiger partial charge on any atom is -0.496 e. The third kappa shape index (κ3) is 7.55. The topological polar surface area (TPSA) is 72.4 Å². The third-order valence-corrected chi connectivity index (χ3v) is 7.88. The molecule has 0 radical (unpaired) electrons. The highest BCUT2D eigenvalue weighted by atomic mass is 16.5. The van der Waals surface area contributed by atoms with E-state index in [1.165, 1.54) is 28.8 Å². The number of aryl methyl sites for hydroxylation is 1. The molecule has 2 aliphatic heterocycles. The quantitative estimate of drug-likeness (QED) is 0.280. The van der Waals surface area contributed by atoms with Gasteiger partial charge in [-0.05, 0) is 60.2 Å². The molecule has 0 aromatic heterocycles. The molecule has 0 amide bonds. The smallest absolute Gasteiger partial charge is 0.124 e. The summed E-state index contributed by atoms with van der Waals surface area (Å²) in [5.74, 6) is 1.99. The van der Waals surface area contributed by atoms with Gasteiger partial charge < -0.3 is 29.4 Å². The van der Waals surface area contributed by atoms with Gasteiger partial charge in [0.1, 0.15) is 11.5 Å². The predicted octanol–water partition coefficient (Wildman–Crippen LogP) is 5.36. The molecule has 2 N–H and O–H groups in total. The van der Waals surface area contributed by atoms with Crippen LogP contribution in [0.1, 0.15) is 47.4 Å². The van der Waals surface area contributed by atoms with Gasteiger partial charge in [-0.1, -0.05) is 42.5 Å². The van der Waals surface area contributed by atoms with Crippen LogP contribution in [0.5, 0.6) is 11.5 Å². The maximum absolute atomic E-state index is 9.77. The Kier molecular flexibility index (Phi) is 10.3. The van der Waals surface area contributed by atoms with E-state index in [0.29, 0.717) is 26.4 Å². The van der Waals surface area contributed by atoms with Crippen LogP contribution in [0.25, 0.3) is 0 Å². The summed E-state index contributed by atoms with van der Waals surface area (Å²) in [7, 11) is 1.68. The molecule has 7 nitrogen and oxygen atoms in total. The van der Waals surface area contributed by atoms with Crippen molar-refractivity contribution in [2.75, 3.05) is 52.0 Å². The van der Waals surface area contributed by atoms with Crippen molar-refractivity contribution in [2.45, 2.75) is 50.9 Å². The van der Waals surface area contributed by atoms with Crippen molar-refractivity contribution in [3.05, 3.63) is 89.0 Å². The number of anilines is 1. The molecule has 2 atom stereocenters. The normalized spacial score (nSPS) is 19.1. The minimum absolute atomic E-state index is 0.0112. The predicted molar refractivity (Wildman–Crippen MR) is 157 cm³/mol. The van der Waals surface area contributed by atoms with Crippen LogP contribution in [0.4, 0.5) is 5.69 Å². The van der Waals surface area contributed by atoms with Gasteiger partial charge in [-0.2, -0.15) is 0 Å². The second kappa shape index (κ2) is 14.5. The Bertz CT molecular complexity index is 1200. The van der Waals surface area contributed by atoms with Gasteiger partial charge >= 0.3 is 0 Å². The number of nitrogens with one attached hydrogen (secondary N) is 1. The van der Waals surface area contributed by atoms with Crippen LogP contribution in [-0.4, -0.2) is 62.8 Å². The second-order valence-corrected chi connectivity index (χ2v) is 10.6. The van der Waals surface area contributed by atoms with Crippen molar-refractivity contribution in [3.8, 4) is 11.5 Å². The van der Waals surface area contributed by atoms with Crippen molar-refractivity contribution in [1.29, 1.82) is 0 Å². The number of hydrogen-bond acceptors (Lipinski definition) is 7. The number of fused-ring (bicyclic) bond motifs is 1. The Hall–Kier alpha value is -3.10. The van der Waals surface area contributed by atoms with Crippen LogP contribution >= 0.6 is 0 Å². The van der Waals surface area contributed by atoms with E-state index in [-0.39, 0.29) is 18.8 Å². The third-order valence-electron chi connectivity index (χ3n) is 7.88. The lowest BCUT2D eigenvalue weighted by molar-refractivity contribution is -0.0442. The van der Waals surface area contributed by atoms with Gasteiger partial charge in [0.05, 0.1) is 46.4 Å². The lowest BCUT2D eigenvalue weighted by Gasteiger charge is -2.38. The molecule has 2 heterocycles. The fourth-order valence-electron chi connectivity index (χ4n) is 5.63. The van der Waals surface area contributed by atoms with E-state index in [9.17, 15) is 5.11 Å². The first-order valence-corrected chi connectivity index (χ1v) is 14.5. The number of hydrogen-bond donors (Lipinski definition) is 2. The summed E-state index contributed by atoms with van der Waals surface area (Å²) in [6, 6.07) is 23.0. The maximum Gasteiger partial charge on any atom is 0.124 e. The van der Waals surface area contributed by atoms with Gasteiger partial charge in [-0.15, -0.1) is 0 Å². The van der Waals surface area contributed by atoms with Crippen molar-refractivity contribution in [2.24, 2.45) is 0 Å². The van der Waals surface area contributed by atoms with Gasteiger partial charge in [-0.25, -0.2) is 0 Å². The van der Waals surface area contributed by atoms with Crippen molar-refractivity contribution < 1.29 is 24.1 Å². The molecule has 5 rings (SSSR count). The molecule has 40 heavy (non-hydrogen) atoms. The number of aliphatic hydroxyl groups excluding tert-OH is 1. The molecular weight excluding hydrogens is 504 g/mol. The van der Waals surface area contributed by atoms with Crippen LogP contribution in [0.15, 0.2) is 66.7 Å². The molecule has 214 valence electrons. The largest absolute Gasteiger partial charge is 0.496 e. The number of benzene rings is 3. The first kappa shape index (κ1) is 28.4. The molecule has 3 aromatic carbocycles. The van der Waals surface area contributed by atoms with E-state index in [2.05, 4.69) is 52.7 Å². The van der Waals surface area contributed by atoms with E-state index in [1.54, 1.807) is 7.11 Å². The van der Waals surface area contributed by atoms with E-state index in [4.69, 9.17) is 18.9 Å². The Morgan fingerprint density at radius 1 is 1.00 bits per heavy atom. The van der Waals surface area contributed by atoms with E-state index in [0.717, 1.165) is 56.0 Å². The zero-order valence-corrected chi connectivity index (χ0v) is 23.5. The van der Waals surface area contributed by atoms with Crippen LogP contribution in [0.2, 0.25) is 0 Å². The fraction of sp³-hybridized carbons (Fsp3) is 0.455. The highest BCUT2D eigenvalue weighted by molar-refractivity contribution is 5.54. The van der Waals surface area contributed by atoms with Crippen molar-refractivity contribution >= 4 is 5.69 Å². The molecule has 2 unspecified atom stereocenters. The first-order chi connectivity index (χ1) is 19.7. The Morgan fingerprint density at radius 3 is 2.73 bits per heavy atom. The summed E-state index contributed by atoms with van der Waals surface area (Å²) in [4.78, 5) is 2.06. The van der Waals surface area contributed by atoms with Crippen molar-refractivity contribution in [1.82, 2.24) is 4.90 Å². The summed E-state index contributed by atoms with van der Waals surface area (Å²) >= 11 is 0. The molecule has 2 aliphatic rings. The summed E-state index contributed by atoms with van der Waals surface area (Å²) in [5, 5.41) is 13.3. The number of para-hydroxylation sites is 1. The number of nitrogens with zero attached hydrogens (tertiary/aromatic N) is 1. The van der Waals surface area contributed by atoms with Crippen LogP contribution in [0.3, 0.4) is 0 Å². The molecule has 0 spiro atoms. The van der Waals surface area contributed by atoms with Crippen LogP contribution in [0, 0.1) is 0 Å². The summed E-state index contributed by atoms with van der Waals surface area (Å²) in [6.45, 7) is 4.99.